The molecule has 5 aliphatic heterocycles. The van der Waals surface area contributed by atoms with Crippen LogP contribution < -0.4 is 19.1 Å². The normalized spacial score (nSPS) is 27.6. The summed E-state index contributed by atoms with van der Waals surface area (Å²) in [5, 5.41) is 11.8. The molecule has 2 aromatic heterocycles. The van der Waals surface area contributed by atoms with Crippen molar-refractivity contribution >= 4 is 33.6 Å². The number of halogens is 2. The number of methoxy groups -OCH3 is 1. The largest absolute Gasteiger partial charge is 0.472 e. The third-order valence-electron chi connectivity index (χ3n) is 11.6. The molecule has 5 aliphatic rings. The van der Waals surface area contributed by atoms with Gasteiger partial charge in [0.1, 0.15) is 47.0 Å². The van der Waals surface area contributed by atoms with Crippen LogP contribution in [0.1, 0.15) is 44.6 Å². The number of piperazine rings is 1. The molecule has 6 atom stereocenters. The Morgan fingerprint density at radius 3 is 2.85 bits per heavy atom. The zero-order valence-corrected chi connectivity index (χ0v) is 28.8. The van der Waals surface area contributed by atoms with Gasteiger partial charge >= 0.3 is 12.1 Å². The second-order valence-corrected chi connectivity index (χ2v) is 14.5. The first kappa shape index (κ1) is 32.9. The van der Waals surface area contributed by atoms with Gasteiger partial charge in [-0.15, -0.1) is 6.42 Å². The van der Waals surface area contributed by atoms with Crippen molar-refractivity contribution in [3.63, 3.8) is 0 Å². The number of carbonyl (C=O) groups is 1. The van der Waals surface area contributed by atoms with Gasteiger partial charge < -0.3 is 29.0 Å². The lowest BCUT2D eigenvalue weighted by atomic mass is 9.95. The van der Waals surface area contributed by atoms with Gasteiger partial charge in [0.25, 0.3) is 0 Å². The second kappa shape index (κ2) is 12.3. The summed E-state index contributed by atoms with van der Waals surface area (Å²) in [5.74, 6) is 2.87. The van der Waals surface area contributed by atoms with Gasteiger partial charge in [-0.05, 0) is 62.7 Å². The van der Waals surface area contributed by atoms with E-state index in [0.717, 1.165) is 19.4 Å². The topological polar surface area (TPSA) is 123 Å². The summed E-state index contributed by atoms with van der Waals surface area (Å²) >= 11 is 0. The Hall–Kier alpha value is -5.00. The van der Waals surface area contributed by atoms with Gasteiger partial charge in [-0.1, -0.05) is 18.1 Å². The molecule has 2 aromatic carbocycles. The van der Waals surface area contributed by atoms with Gasteiger partial charge in [0.05, 0.1) is 23.7 Å². The van der Waals surface area contributed by atoms with E-state index in [1.807, 2.05) is 24.0 Å². The van der Waals surface area contributed by atoms with Crippen LogP contribution in [0, 0.1) is 18.2 Å². The third kappa shape index (κ3) is 5.00. The van der Waals surface area contributed by atoms with Crippen LogP contribution in [-0.2, 0) is 4.74 Å². The number of fused-ring (bicyclic) bond motifs is 7. The first-order valence-electron chi connectivity index (χ1n) is 17.7. The average Bonchev–Trinajstić information content (AvgIpc) is 3.75. The van der Waals surface area contributed by atoms with Crippen molar-refractivity contribution in [1.29, 1.82) is 0 Å². The summed E-state index contributed by atoms with van der Waals surface area (Å²) in [6.45, 7) is 3.45. The summed E-state index contributed by atoms with van der Waals surface area (Å²) in [4.78, 5) is 32.6. The molecule has 7 heterocycles. The van der Waals surface area contributed by atoms with Gasteiger partial charge in [0.15, 0.2) is 12.6 Å². The van der Waals surface area contributed by atoms with Crippen LogP contribution in [0.5, 0.6) is 17.6 Å². The molecule has 9 rings (SSSR count). The SMILES string of the molecule is C#Cc1cccc2cc(OCOC)cc(-c3nc4c5c(nc(OC[C@@]67CCCN6C[C@H](F)C7)nc5c3F)N3CC5CCC(C3C(C)O4)N5C(=O)O)c12. The van der Waals surface area contributed by atoms with E-state index in [1.54, 1.807) is 18.2 Å². The number of aromatic nitrogens is 3. The number of anilines is 1. The number of hydrogen-bond donors (Lipinski definition) is 1. The number of pyridine rings is 1. The zero-order chi connectivity index (χ0) is 35.9. The van der Waals surface area contributed by atoms with E-state index in [4.69, 9.17) is 35.3 Å². The van der Waals surface area contributed by atoms with Crippen molar-refractivity contribution in [3.8, 4) is 41.2 Å². The van der Waals surface area contributed by atoms with Crippen molar-refractivity contribution in [3.05, 3.63) is 41.7 Å². The van der Waals surface area contributed by atoms with E-state index >= 15 is 4.39 Å². The van der Waals surface area contributed by atoms with Crippen molar-refractivity contribution in [2.45, 2.75) is 75.0 Å². The monoisotopic (exact) mass is 712 g/mol. The highest BCUT2D eigenvalue weighted by atomic mass is 19.1. The predicted octanol–water partition coefficient (Wildman–Crippen LogP) is 5.38. The van der Waals surface area contributed by atoms with Crippen molar-refractivity contribution in [2.75, 3.05) is 45.0 Å². The van der Waals surface area contributed by atoms with Crippen LogP contribution in [0.4, 0.5) is 19.4 Å². The number of hydrogen-bond acceptors (Lipinski definition) is 10. The number of rotatable bonds is 7. The maximum Gasteiger partial charge on any atom is 0.407 e. The van der Waals surface area contributed by atoms with Crippen LogP contribution in [0.2, 0.25) is 0 Å². The Kier molecular flexibility index (Phi) is 7.78. The molecule has 0 radical (unpaired) electrons. The van der Waals surface area contributed by atoms with Crippen molar-refractivity contribution in [2.24, 2.45) is 0 Å². The highest BCUT2D eigenvalue weighted by molar-refractivity contribution is 6.04. The number of benzene rings is 2. The molecule has 0 aliphatic carbocycles. The van der Waals surface area contributed by atoms with Crippen LogP contribution in [-0.4, -0.2) is 112 Å². The predicted molar refractivity (Wildman–Crippen MR) is 187 cm³/mol. The lowest BCUT2D eigenvalue weighted by Gasteiger charge is -2.47. The first-order valence-corrected chi connectivity index (χ1v) is 17.7. The Labute approximate surface area is 298 Å². The summed E-state index contributed by atoms with van der Waals surface area (Å²) in [6, 6.07) is 7.74. The molecule has 12 nitrogen and oxygen atoms in total. The highest BCUT2D eigenvalue weighted by Crippen LogP contribution is 2.48. The first-order chi connectivity index (χ1) is 25.2. The number of amides is 1. The van der Waals surface area contributed by atoms with Crippen LogP contribution in [0.15, 0.2) is 30.3 Å². The van der Waals surface area contributed by atoms with E-state index in [1.165, 1.54) is 12.0 Å². The molecule has 4 saturated heterocycles. The van der Waals surface area contributed by atoms with Crippen LogP contribution >= 0.6 is 0 Å². The minimum absolute atomic E-state index is 0.0363. The van der Waals surface area contributed by atoms with Crippen LogP contribution in [0.3, 0.4) is 0 Å². The Morgan fingerprint density at radius 2 is 2.04 bits per heavy atom. The van der Waals surface area contributed by atoms with Gasteiger partial charge in [-0.3, -0.25) is 9.80 Å². The average molecular weight is 713 g/mol. The zero-order valence-electron chi connectivity index (χ0n) is 28.8. The molecular weight excluding hydrogens is 674 g/mol. The standard InChI is InChI=1S/C38H38F2N6O6/c1-4-21-7-5-8-22-13-25(51-19-49-3)14-26(28(21)22)31-30(40)32-29-34(43-36(42-32)50-18-38-11-6-12-44(38)16-23(39)15-38)45-17-24-9-10-27(46(24)37(47)48)33(45)20(2)52-35(29)41-31/h1,5,7-8,13-14,20,23-24,27,33H,6,9-12,15-19H2,2-3H3,(H,47,48)/t20?,23-,24?,27?,33?,38+/m1/s1. The molecule has 270 valence electrons. The molecule has 1 amide bonds. The lowest BCUT2D eigenvalue weighted by molar-refractivity contribution is 0.0512. The molecule has 14 heteroatoms. The quantitative estimate of drug-likeness (QED) is 0.196. The highest BCUT2D eigenvalue weighted by Gasteiger charge is 2.53. The third-order valence-corrected chi connectivity index (χ3v) is 11.6. The van der Waals surface area contributed by atoms with E-state index in [2.05, 4.69) is 15.8 Å². The molecule has 2 bridgehead atoms. The fourth-order valence-corrected chi connectivity index (χ4v) is 9.53. The minimum atomic E-state index is -0.987. The molecule has 4 unspecified atom stereocenters. The fourth-order valence-electron chi connectivity index (χ4n) is 9.53. The van der Waals surface area contributed by atoms with E-state index in [9.17, 15) is 14.3 Å². The summed E-state index contributed by atoms with van der Waals surface area (Å²) in [6.07, 6.45) is 6.83. The minimum Gasteiger partial charge on any atom is -0.472 e. The Morgan fingerprint density at radius 1 is 1.17 bits per heavy atom. The number of alkyl halides is 1. The number of ether oxygens (including phenoxy) is 4. The lowest BCUT2D eigenvalue weighted by Crippen LogP contribution is -2.64. The fraction of sp³-hybridized carbons (Fsp3) is 0.474. The Balaban J connectivity index is 1.25. The summed E-state index contributed by atoms with van der Waals surface area (Å²) in [7, 11) is 1.51. The van der Waals surface area contributed by atoms with E-state index < -0.39 is 35.8 Å². The van der Waals surface area contributed by atoms with Crippen molar-refractivity contribution < 1.29 is 37.6 Å². The molecular formula is C38H38F2N6O6. The molecule has 52 heavy (non-hydrogen) atoms. The van der Waals surface area contributed by atoms with E-state index in [-0.39, 0.29) is 54.0 Å². The second-order valence-electron chi connectivity index (χ2n) is 14.5. The van der Waals surface area contributed by atoms with Gasteiger partial charge in [0, 0.05) is 43.1 Å². The molecule has 4 aromatic rings. The number of nitrogens with zero attached hydrogens (tertiary/aromatic N) is 6. The number of terminal acetylenes is 1. The van der Waals surface area contributed by atoms with E-state index in [0.29, 0.717) is 65.8 Å². The summed E-state index contributed by atoms with van der Waals surface area (Å²) in [5.41, 5.74) is 0.283. The smallest absolute Gasteiger partial charge is 0.407 e. The number of carboxylic acid groups (broad SMARTS) is 1. The molecule has 0 saturated carbocycles. The maximum absolute atomic E-state index is 17.5. The maximum atomic E-state index is 17.5. The molecule has 4 fully saturated rings. The molecule has 1 N–H and O–H groups in total. The van der Waals surface area contributed by atoms with Gasteiger partial charge in [-0.2, -0.15) is 9.97 Å². The Bertz CT molecular complexity index is 2160. The molecule has 0 spiro atoms. The van der Waals surface area contributed by atoms with Gasteiger partial charge in [-0.25, -0.2) is 18.6 Å². The van der Waals surface area contributed by atoms with Crippen LogP contribution in [0.25, 0.3) is 32.9 Å². The van der Waals surface area contributed by atoms with Crippen molar-refractivity contribution in [1.82, 2.24) is 24.8 Å². The summed E-state index contributed by atoms with van der Waals surface area (Å²) < 4.78 is 56.1. The van der Waals surface area contributed by atoms with Gasteiger partial charge in [0.2, 0.25) is 5.88 Å².